The van der Waals surface area contributed by atoms with Gasteiger partial charge in [0.25, 0.3) is 0 Å². The van der Waals surface area contributed by atoms with Crippen LogP contribution in [-0.4, -0.2) is 43.3 Å². The molecule has 0 radical (unpaired) electrons. The van der Waals surface area contributed by atoms with E-state index in [1.165, 1.54) is 11.6 Å². The molecule has 9 nitrogen and oxygen atoms in total. The van der Waals surface area contributed by atoms with E-state index in [9.17, 15) is 13.2 Å². The molecule has 27 heavy (non-hydrogen) atoms. The lowest BCUT2D eigenvalue weighted by Gasteiger charge is -2.15. The number of nitrogens with one attached hydrogen (secondary N) is 2. The normalized spacial score (nSPS) is 12.6. The summed E-state index contributed by atoms with van der Waals surface area (Å²) in [5.41, 5.74) is 6.78. The fraction of sp³-hybridized carbons (Fsp3) is 0.412. The maximum atomic E-state index is 12.6. The molecule has 0 bridgehead atoms. The molecule has 2 aromatic rings. The van der Waals surface area contributed by atoms with Crippen LogP contribution < -0.4 is 20.5 Å². The number of ether oxygens (including phenoxy) is 1. The van der Waals surface area contributed by atoms with Gasteiger partial charge in [0.15, 0.2) is 0 Å². The number of amides is 1. The van der Waals surface area contributed by atoms with E-state index in [4.69, 9.17) is 10.5 Å². The summed E-state index contributed by atoms with van der Waals surface area (Å²) in [6.07, 6.45) is 0. The van der Waals surface area contributed by atoms with Crippen molar-refractivity contribution < 1.29 is 17.9 Å². The van der Waals surface area contributed by atoms with Crippen molar-refractivity contribution in [2.75, 3.05) is 18.5 Å². The highest BCUT2D eigenvalue weighted by molar-refractivity contribution is 7.89. The molecule has 4 N–H and O–H groups in total. The Labute approximate surface area is 158 Å². The molecule has 0 fully saturated rings. The first kappa shape index (κ1) is 20.9. The zero-order valence-corrected chi connectivity index (χ0v) is 16.6. The molecular weight excluding hydrogens is 370 g/mol. The van der Waals surface area contributed by atoms with E-state index >= 15 is 0 Å². The molecule has 1 unspecified atom stereocenters. The van der Waals surface area contributed by atoms with Crippen LogP contribution in [0, 0.1) is 13.8 Å². The second kappa shape index (κ2) is 8.51. The molecule has 0 aliphatic carbocycles. The lowest BCUT2D eigenvalue weighted by Crippen LogP contribution is -2.41. The summed E-state index contributed by atoms with van der Waals surface area (Å²) in [5.74, 6) is 0.156. The van der Waals surface area contributed by atoms with Gasteiger partial charge in [0.2, 0.25) is 15.9 Å². The Morgan fingerprint density at radius 3 is 2.44 bits per heavy atom. The first-order valence-corrected chi connectivity index (χ1v) is 9.90. The Morgan fingerprint density at radius 1 is 1.30 bits per heavy atom. The van der Waals surface area contributed by atoms with Gasteiger partial charge in [-0.1, -0.05) is 0 Å². The van der Waals surface area contributed by atoms with Gasteiger partial charge in [0.1, 0.15) is 17.3 Å². The number of nitrogens with two attached hydrogens (primary N) is 1. The Morgan fingerprint density at radius 2 is 1.93 bits per heavy atom. The summed E-state index contributed by atoms with van der Waals surface area (Å²) in [7, 11) is -2.22. The van der Waals surface area contributed by atoms with Gasteiger partial charge >= 0.3 is 0 Å². The maximum absolute atomic E-state index is 12.6. The van der Waals surface area contributed by atoms with Gasteiger partial charge in [-0.2, -0.15) is 9.82 Å². The van der Waals surface area contributed by atoms with Gasteiger partial charge in [0, 0.05) is 19.3 Å². The summed E-state index contributed by atoms with van der Waals surface area (Å²) < 4.78 is 34.5. The number of nitrogens with zero attached hydrogens (tertiary/aromatic N) is 2. The smallest absolute Gasteiger partial charge is 0.244 e. The number of hydrogen-bond donors (Lipinski definition) is 3. The van der Waals surface area contributed by atoms with Crippen molar-refractivity contribution in [3.63, 3.8) is 0 Å². The van der Waals surface area contributed by atoms with E-state index in [2.05, 4.69) is 15.1 Å². The summed E-state index contributed by atoms with van der Waals surface area (Å²) in [5, 5.41) is 6.77. The van der Waals surface area contributed by atoms with E-state index in [0.717, 1.165) is 0 Å². The van der Waals surface area contributed by atoms with Crippen LogP contribution in [0.5, 0.6) is 5.75 Å². The van der Waals surface area contributed by atoms with Crippen LogP contribution in [0.4, 0.5) is 5.69 Å². The van der Waals surface area contributed by atoms with E-state index in [1.54, 1.807) is 45.2 Å². The number of benzene rings is 1. The van der Waals surface area contributed by atoms with E-state index in [0.29, 0.717) is 36.0 Å². The molecule has 1 heterocycles. The first-order chi connectivity index (χ1) is 12.7. The monoisotopic (exact) mass is 395 g/mol. The van der Waals surface area contributed by atoms with Crippen molar-refractivity contribution in [3.8, 4) is 5.75 Å². The van der Waals surface area contributed by atoms with Crippen molar-refractivity contribution in [3.05, 3.63) is 35.7 Å². The van der Waals surface area contributed by atoms with Gasteiger partial charge < -0.3 is 15.8 Å². The number of hydrogen-bond acceptors (Lipinski definition) is 6. The summed E-state index contributed by atoms with van der Waals surface area (Å²) in [6, 6.07) is 5.76. The zero-order chi connectivity index (χ0) is 20.2. The van der Waals surface area contributed by atoms with Crippen molar-refractivity contribution in [2.45, 2.75) is 31.7 Å². The molecule has 1 atom stereocenters. The maximum Gasteiger partial charge on any atom is 0.244 e. The number of aromatic nitrogens is 2. The standard InChI is InChI=1S/C17H25N5O4S/c1-11-16(13(3)22(4)20-11)27(24,25)21-12(2)17(23)19-14-5-7-15(8-6-14)26-10-9-18/h5-8,12,21H,9-10,18H2,1-4H3,(H,19,23). The molecule has 0 aliphatic heterocycles. The van der Waals surface area contributed by atoms with Crippen LogP contribution in [0.25, 0.3) is 0 Å². The molecule has 1 amide bonds. The third kappa shape index (κ3) is 5.06. The van der Waals surface area contributed by atoms with Crippen LogP contribution >= 0.6 is 0 Å². The molecule has 2 rings (SSSR count). The van der Waals surface area contributed by atoms with Crippen LogP contribution in [0.1, 0.15) is 18.3 Å². The van der Waals surface area contributed by atoms with Crippen molar-refractivity contribution in [2.24, 2.45) is 12.8 Å². The van der Waals surface area contributed by atoms with Gasteiger partial charge in [-0.3, -0.25) is 9.48 Å². The van der Waals surface area contributed by atoms with E-state index in [-0.39, 0.29) is 4.90 Å². The third-order valence-corrected chi connectivity index (χ3v) is 5.74. The first-order valence-electron chi connectivity index (χ1n) is 8.42. The number of sulfonamides is 1. The van der Waals surface area contributed by atoms with Crippen molar-refractivity contribution >= 4 is 21.6 Å². The lowest BCUT2D eigenvalue weighted by molar-refractivity contribution is -0.117. The SMILES string of the molecule is Cc1nn(C)c(C)c1S(=O)(=O)NC(C)C(=O)Nc1ccc(OCCN)cc1. The second-order valence-corrected chi connectivity index (χ2v) is 7.77. The molecular formula is C17H25N5O4S. The molecule has 1 aromatic heterocycles. The fourth-order valence-corrected chi connectivity index (χ4v) is 4.19. The van der Waals surface area contributed by atoms with Crippen LogP contribution in [0.3, 0.4) is 0 Å². The quantitative estimate of drug-likeness (QED) is 0.603. The topological polar surface area (TPSA) is 128 Å². The number of anilines is 1. The zero-order valence-electron chi connectivity index (χ0n) is 15.8. The van der Waals surface area contributed by atoms with Gasteiger partial charge in [-0.05, 0) is 45.0 Å². The highest BCUT2D eigenvalue weighted by Crippen LogP contribution is 2.19. The van der Waals surface area contributed by atoms with E-state index in [1.807, 2.05) is 0 Å². The minimum absolute atomic E-state index is 0.0889. The van der Waals surface area contributed by atoms with Crippen LogP contribution in [0.2, 0.25) is 0 Å². The minimum atomic E-state index is -3.88. The number of carbonyl (C=O) groups is 1. The van der Waals surface area contributed by atoms with Gasteiger partial charge in [-0.15, -0.1) is 0 Å². The van der Waals surface area contributed by atoms with Gasteiger partial charge in [-0.25, -0.2) is 8.42 Å². The molecule has 0 saturated heterocycles. The number of rotatable bonds is 8. The number of aryl methyl sites for hydroxylation is 2. The molecule has 1 aromatic carbocycles. The third-order valence-electron chi connectivity index (χ3n) is 3.94. The van der Waals surface area contributed by atoms with Crippen molar-refractivity contribution in [1.29, 1.82) is 0 Å². The summed E-state index contributed by atoms with van der Waals surface area (Å²) >= 11 is 0. The lowest BCUT2D eigenvalue weighted by atomic mass is 10.2. The summed E-state index contributed by atoms with van der Waals surface area (Å²) in [4.78, 5) is 12.4. The minimum Gasteiger partial charge on any atom is -0.492 e. The Balaban J connectivity index is 2.04. The average Bonchev–Trinajstić information content (AvgIpc) is 2.86. The second-order valence-electron chi connectivity index (χ2n) is 6.12. The van der Waals surface area contributed by atoms with Crippen LogP contribution in [0.15, 0.2) is 29.2 Å². The molecule has 148 valence electrons. The predicted octanol–water partition coefficient (Wildman–Crippen LogP) is 0.680. The Hall–Kier alpha value is -2.43. The molecule has 0 spiro atoms. The Bertz CT molecular complexity index is 906. The average molecular weight is 395 g/mol. The van der Waals surface area contributed by atoms with Gasteiger partial charge in [0.05, 0.1) is 17.4 Å². The fourth-order valence-electron chi connectivity index (χ4n) is 2.55. The predicted molar refractivity (Wildman–Crippen MR) is 102 cm³/mol. The highest BCUT2D eigenvalue weighted by Gasteiger charge is 2.27. The highest BCUT2D eigenvalue weighted by atomic mass is 32.2. The van der Waals surface area contributed by atoms with Crippen molar-refractivity contribution in [1.82, 2.24) is 14.5 Å². The molecule has 0 aliphatic rings. The largest absolute Gasteiger partial charge is 0.492 e. The summed E-state index contributed by atoms with van der Waals surface area (Å²) in [6.45, 7) is 5.56. The molecule has 10 heteroatoms. The number of carbonyl (C=O) groups excluding carboxylic acids is 1. The molecule has 0 saturated carbocycles. The Kier molecular flexibility index (Phi) is 6.58. The van der Waals surface area contributed by atoms with Crippen LogP contribution in [-0.2, 0) is 21.9 Å². The van der Waals surface area contributed by atoms with E-state index < -0.39 is 22.0 Å².